The number of thiazole rings is 1. The topological polar surface area (TPSA) is 72.0 Å². The van der Waals surface area contributed by atoms with Crippen molar-refractivity contribution in [3.05, 3.63) is 57.1 Å². The van der Waals surface area contributed by atoms with Crippen molar-refractivity contribution < 1.29 is 19.1 Å². The van der Waals surface area contributed by atoms with Gasteiger partial charge in [0, 0.05) is 26.7 Å². The standard InChI is InChI=1S/C23H27N3O4S/c1-14-21(31-15(2)24-14)23(28)25-11-9-17(10-12-25)19-20(30-4)22(27)26(19)13-16-5-7-18(29-3)8-6-16/h5-9,19-20H,10-13H2,1-4H3/t19-,20+/m0/s1. The maximum Gasteiger partial charge on any atom is 0.266 e. The van der Waals surface area contributed by atoms with Crippen molar-refractivity contribution in [1.29, 1.82) is 0 Å². The van der Waals surface area contributed by atoms with Crippen LogP contribution in [0.2, 0.25) is 0 Å². The van der Waals surface area contributed by atoms with Crippen molar-refractivity contribution in [2.24, 2.45) is 0 Å². The molecular weight excluding hydrogens is 414 g/mol. The van der Waals surface area contributed by atoms with Gasteiger partial charge in [0.15, 0.2) is 6.10 Å². The Hall–Kier alpha value is -2.71. The third-order valence-electron chi connectivity index (χ3n) is 5.92. The van der Waals surface area contributed by atoms with Gasteiger partial charge in [-0.25, -0.2) is 4.98 Å². The Morgan fingerprint density at radius 2 is 1.97 bits per heavy atom. The molecule has 31 heavy (non-hydrogen) atoms. The molecule has 8 heteroatoms. The van der Waals surface area contributed by atoms with Crippen molar-refractivity contribution in [2.75, 3.05) is 27.3 Å². The normalized spacial score (nSPS) is 21.0. The Bertz CT molecular complexity index is 1010. The average molecular weight is 442 g/mol. The third-order valence-corrected chi connectivity index (χ3v) is 6.98. The SMILES string of the molecule is COc1ccc(CN2C(=O)[C@H](OC)[C@@H]2C2=CCN(C(=O)c3sc(C)nc3C)CC2)cc1. The number of rotatable bonds is 6. The first-order valence-corrected chi connectivity index (χ1v) is 11.1. The molecule has 0 bridgehead atoms. The van der Waals surface area contributed by atoms with Crippen LogP contribution in [0.1, 0.15) is 32.4 Å². The summed E-state index contributed by atoms with van der Waals surface area (Å²) in [5, 5.41) is 0.902. The van der Waals surface area contributed by atoms with Crippen LogP contribution in [0.4, 0.5) is 0 Å². The number of aryl methyl sites for hydroxylation is 2. The van der Waals surface area contributed by atoms with Gasteiger partial charge in [-0.1, -0.05) is 18.2 Å². The number of carbonyl (C=O) groups excluding carboxylic acids is 2. The van der Waals surface area contributed by atoms with Crippen LogP contribution in [0.3, 0.4) is 0 Å². The Labute approximate surface area is 186 Å². The van der Waals surface area contributed by atoms with E-state index in [9.17, 15) is 9.59 Å². The first kappa shape index (κ1) is 21.5. The van der Waals surface area contributed by atoms with Crippen LogP contribution >= 0.6 is 11.3 Å². The van der Waals surface area contributed by atoms with E-state index < -0.39 is 6.10 Å². The summed E-state index contributed by atoms with van der Waals surface area (Å²) in [5.74, 6) is 0.816. The molecule has 1 saturated heterocycles. The molecule has 164 valence electrons. The van der Waals surface area contributed by atoms with Gasteiger partial charge in [-0.15, -0.1) is 11.3 Å². The molecule has 0 spiro atoms. The van der Waals surface area contributed by atoms with E-state index in [4.69, 9.17) is 9.47 Å². The molecule has 3 heterocycles. The minimum absolute atomic E-state index is 0.00140. The fraction of sp³-hybridized carbons (Fsp3) is 0.435. The fourth-order valence-electron chi connectivity index (χ4n) is 4.26. The van der Waals surface area contributed by atoms with E-state index in [0.717, 1.165) is 34.0 Å². The van der Waals surface area contributed by atoms with E-state index in [0.29, 0.717) is 24.5 Å². The van der Waals surface area contributed by atoms with Gasteiger partial charge in [0.05, 0.1) is 23.9 Å². The lowest BCUT2D eigenvalue weighted by atomic mass is 9.86. The van der Waals surface area contributed by atoms with Crippen LogP contribution in [0.15, 0.2) is 35.9 Å². The predicted octanol–water partition coefficient (Wildman–Crippen LogP) is 2.97. The number of hydrogen-bond donors (Lipinski definition) is 0. The van der Waals surface area contributed by atoms with Gasteiger partial charge in [0.1, 0.15) is 10.6 Å². The smallest absolute Gasteiger partial charge is 0.266 e. The van der Waals surface area contributed by atoms with Gasteiger partial charge in [-0.2, -0.15) is 0 Å². The highest BCUT2D eigenvalue weighted by Crippen LogP contribution is 2.34. The quantitative estimate of drug-likeness (QED) is 0.509. The maximum atomic E-state index is 12.9. The Balaban J connectivity index is 1.47. The Morgan fingerprint density at radius 1 is 1.23 bits per heavy atom. The van der Waals surface area contributed by atoms with Gasteiger partial charge in [-0.3, -0.25) is 9.59 Å². The molecule has 4 rings (SSSR count). The molecule has 2 aromatic rings. The summed E-state index contributed by atoms with van der Waals surface area (Å²) >= 11 is 1.44. The molecule has 2 aliphatic rings. The van der Waals surface area contributed by atoms with E-state index in [2.05, 4.69) is 11.1 Å². The molecule has 7 nitrogen and oxygen atoms in total. The molecule has 1 aromatic carbocycles. The molecule has 2 amide bonds. The predicted molar refractivity (Wildman–Crippen MR) is 118 cm³/mol. The second-order valence-corrected chi connectivity index (χ2v) is 9.05. The summed E-state index contributed by atoms with van der Waals surface area (Å²) in [6, 6.07) is 7.64. The van der Waals surface area contributed by atoms with Gasteiger partial charge >= 0.3 is 0 Å². The van der Waals surface area contributed by atoms with Gasteiger partial charge < -0.3 is 19.3 Å². The van der Waals surface area contributed by atoms with Gasteiger partial charge in [-0.05, 0) is 43.5 Å². The van der Waals surface area contributed by atoms with Crippen LogP contribution in [-0.2, 0) is 16.1 Å². The van der Waals surface area contributed by atoms with Crippen LogP contribution in [-0.4, -0.2) is 66.1 Å². The number of hydrogen-bond acceptors (Lipinski definition) is 6. The maximum absolute atomic E-state index is 12.9. The molecule has 2 aliphatic heterocycles. The van der Waals surface area contributed by atoms with Crippen molar-refractivity contribution in [3.8, 4) is 5.75 Å². The lowest BCUT2D eigenvalue weighted by molar-refractivity contribution is -0.168. The number of benzene rings is 1. The molecule has 1 aromatic heterocycles. The highest BCUT2D eigenvalue weighted by Gasteiger charge is 2.49. The lowest BCUT2D eigenvalue weighted by Gasteiger charge is -2.48. The second kappa shape index (κ2) is 8.80. The molecule has 0 N–H and O–H groups in total. The summed E-state index contributed by atoms with van der Waals surface area (Å²) in [6.45, 7) is 5.47. The molecular formula is C23H27N3O4S. The summed E-state index contributed by atoms with van der Waals surface area (Å²) in [4.78, 5) is 34.3. The zero-order valence-corrected chi connectivity index (χ0v) is 19.1. The Kier molecular flexibility index (Phi) is 6.11. The fourth-order valence-corrected chi connectivity index (χ4v) is 5.14. The minimum atomic E-state index is -0.460. The second-order valence-electron chi connectivity index (χ2n) is 7.84. The van der Waals surface area contributed by atoms with E-state index >= 15 is 0 Å². The summed E-state index contributed by atoms with van der Waals surface area (Å²) in [6.07, 6.45) is 2.34. The number of nitrogens with zero attached hydrogens (tertiary/aromatic N) is 3. The van der Waals surface area contributed by atoms with Gasteiger partial charge in [0.2, 0.25) is 0 Å². The zero-order valence-electron chi connectivity index (χ0n) is 18.3. The monoisotopic (exact) mass is 441 g/mol. The number of amides is 2. The highest BCUT2D eigenvalue weighted by molar-refractivity contribution is 7.13. The lowest BCUT2D eigenvalue weighted by Crippen LogP contribution is -2.66. The van der Waals surface area contributed by atoms with E-state index in [1.54, 1.807) is 14.2 Å². The number of aromatic nitrogens is 1. The third kappa shape index (κ3) is 4.09. The number of carbonyl (C=O) groups is 2. The zero-order chi connectivity index (χ0) is 22.1. The van der Waals surface area contributed by atoms with Gasteiger partial charge in [0.25, 0.3) is 11.8 Å². The van der Waals surface area contributed by atoms with Crippen molar-refractivity contribution in [2.45, 2.75) is 39.0 Å². The molecule has 0 saturated carbocycles. The Morgan fingerprint density at radius 3 is 2.52 bits per heavy atom. The summed E-state index contributed by atoms with van der Waals surface area (Å²) in [7, 11) is 3.21. The average Bonchev–Trinajstić information content (AvgIpc) is 3.13. The van der Waals surface area contributed by atoms with E-state index in [1.165, 1.54) is 11.3 Å². The van der Waals surface area contributed by atoms with Crippen molar-refractivity contribution in [1.82, 2.24) is 14.8 Å². The number of ether oxygens (including phenoxy) is 2. The number of methoxy groups -OCH3 is 2. The first-order valence-electron chi connectivity index (χ1n) is 10.3. The highest BCUT2D eigenvalue weighted by atomic mass is 32.1. The minimum Gasteiger partial charge on any atom is -0.497 e. The molecule has 0 unspecified atom stereocenters. The molecule has 2 atom stereocenters. The summed E-state index contributed by atoms with van der Waals surface area (Å²) in [5.41, 5.74) is 2.98. The number of likely N-dealkylation sites (tertiary alicyclic amines) is 1. The van der Waals surface area contributed by atoms with Crippen molar-refractivity contribution >= 4 is 23.2 Å². The van der Waals surface area contributed by atoms with E-state index in [1.807, 2.05) is 47.9 Å². The van der Waals surface area contributed by atoms with Crippen molar-refractivity contribution in [3.63, 3.8) is 0 Å². The molecule has 0 aliphatic carbocycles. The van der Waals surface area contributed by atoms with Crippen LogP contribution in [0.25, 0.3) is 0 Å². The van der Waals surface area contributed by atoms with Crippen LogP contribution in [0.5, 0.6) is 5.75 Å². The van der Waals surface area contributed by atoms with Crippen LogP contribution < -0.4 is 4.74 Å². The first-order chi connectivity index (χ1) is 14.9. The molecule has 0 radical (unpaired) electrons. The largest absolute Gasteiger partial charge is 0.497 e. The molecule has 1 fully saturated rings. The van der Waals surface area contributed by atoms with E-state index in [-0.39, 0.29) is 17.9 Å². The number of β-lactam (4-membered cyclic amide) rings is 1. The van der Waals surface area contributed by atoms with Crippen LogP contribution in [0, 0.1) is 13.8 Å². The summed E-state index contributed by atoms with van der Waals surface area (Å²) < 4.78 is 10.7.